The summed E-state index contributed by atoms with van der Waals surface area (Å²) in [5.41, 5.74) is 2.48. The summed E-state index contributed by atoms with van der Waals surface area (Å²) in [5, 5.41) is 3.06. The van der Waals surface area contributed by atoms with Gasteiger partial charge in [-0.15, -0.1) is 0 Å². The highest BCUT2D eigenvalue weighted by atomic mass is 16.5. The second-order valence-electron chi connectivity index (χ2n) is 7.20. The van der Waals surface area contributed by atoms with Crippen LogP contribution in [-0.2, 0) is 6.54 Å². The number of hydrogen-bond acceptors (Lipinski definition) is 4. The molecule has 3 aromatic carbocycles. The van der Waals surface area contributed by atoms with Crippen molar-refractivity contribution < 1.29 is 14.3 Å². The fourth-order valence-electron chi connectivity index (χ4n) is 3.52. The van der Waals surface area contributed by atoms with E-state index >= 15 is 0 Å². The molecule has 0 spiro atoms. The van der Waals surface area contributed by atoms with Crippen LogP contribution in [0.4, 0.5) is 0 Å². The number of carbonyl (C=O) groups is 1. The van der Waals surface area contributed by atoms with Gasteiger partial charge in [0.15, 0.2) is 0 Å². The normalized spacial score (nSPS) is 11.8. The molecule has 6 heteroatoms. The summed E-state index contributed by atoms with van der Waals surface area (Å²) in [4.78, 5) is 17.5. The fraction of sp³-hybridized carbons (Fsp3) is 0.200. The number of carbonyl (C=O) groups excluding carboxylic acids is 1. The molecule has 4 aromatic rings. The maximum absolute atomic E-state index is 12.7. The molecule has 0 aliphatic heterocycles. The summed E-state index contributed by atoms with van der Waals surface area (Å²) in [6.07, 6.45) is 0. The lowest BCUT2D eigenvalue weighted by molar-refractivity contribution is 0.0937. The van der Waals surface area contributed by atoms with Gasteiger partial charge in [0.05, 0.1) is 30.7 Å². The van der Waals surface area contributed by atoms with E-state index < -0.39 is 0 Å². The molecule has 1 N–H and O–H groups in total. The summed E-state index contributed by atoms with van der Waals surface area (Å²) in [6.45, 7) is 3.06. The molecule has 0 fully saturated rings. The zero-order valence-electron chi connectivity index (χ0n) is 17.6. The van der Waals surface area contributed by atoms with Crippen molar-refractivity contribution in [1.82, 2.24) is 14.9 Å². The molecule has 0 saturated carbocycles. The third kappa shape index (κ3) is 4.69. The summed E-state index contributed by atoms with van der Waals surface area (Å²) in [5.74, 6) is 2.17. The summed E-state index contributed by atoms with van der Waals surface area (Å²) < 4.78 is 13.2. The van der Waals surface area contributed by atoms with Crippen molar-refractivity contribution in [3.8, 4) is 11.5 Å². The first-order chi connectivity index (χ1) is 15.2. The van der Waals surface area contributed by atoms with Crippen LogP contribution in [0.2, 0.25) is 0 Å². The average molecular weight is 415 g/mol. The molecule has 1 atom stereocenters. The number of fused-ring (bicyclic) bond motifs is 1. The quantitative estimate of drug-likeness (QED) is 0.456. The van der Waals surface area contributed by atoms with E-state index in [9.17, 15) is 4.79 Å². The number of ether oxygens (including phenoxy) is 2. The van der Waals surface area contributed by atoms with Gasteiger partial charge in [-0.25, -0.2) is 4.98 Å². The van der Waals surface area contributed by atoms with Gasteiger partial charge in [0.1, 0.15) is 23.9 Å². The monoisotopic (exact) mass is 415 g/mol. The van der Waals surface area contributed by atoms with Crippen molar-refractivity contribution in [2.45, 2.75) is 19.5 Å². The van der Waals surface area contributed by atoms with E-state index in [4.69, 9.17) is 14.5 Å². The number of nitrogens with one attached hydrogen (secondary N) is 1. The number of hydrogen-bond donors (Lipinski definition) is 1. The first-order valence-corrected chi connectivity index (χ1v) is 10.2. The molecule has 0 radical (unpaired) electrons. The van der Waals surface area contributed by atoms with E-state index in [0.717, 1.165) is 22.6 Å². The van der Waals surface area contributed by atoms with Crippen LogP contribution in [0.1, 0.15) is 29.1 Å². The highest BCUT2D eigenvalue weighted by Crippen LogP contribution is 2.22. The molecule has 0 aliphatic rings. The van der Waals surface area contributed by atoms with E-state index in [0.29, 0.717) is 24.5 Å². The maximum atomic E-state index is 12.7. The number of aromatic nitrogens is 2. The van der Waals surface area contributed by atoms with Gasteiger partial charge in [0.2, 0.25) is 0 Å². The maximum Gasteiger partial charge on any atom is 0.251 e. The zero-order chi connectivity index (χ0) is 21.6. The van der Waals surface area contributed by atoms with Gasteiger partial charge in [0.25, 0.3) is 5.91 Å². The topological polar surface area (TPSA) is 65.4 Å². The Morgan fingerprint density at radius 2 is 1.68 bits per heavy atom. The minimum Gasteiger partial charge on any atom is -0.497 e. The first-order valence-electron chi connectivity index (χ1n) is 10.2. The minimum absolute atomic E-state index is 0.158. The van der Waals surface area contributed by atoms with Gasteiger partial charge in [0, 0.05) is 5.56 Å². The molecule has 1 amide bonds. The predicted molar refractivity (Wildman–Crippen MR) is 121 cm³/mol. The molecule has 1 heterocycles. The first kappa shape index (κ1) is 20.5. The van der Waals surface area contributed by atoms with Crippen molar-refractivity contribution in [3.63, 3.8) is 0 Å². The molecule has 6 nitrogen and oxygen atoms in total. The number of imidazole rings is 1. The van der Waals surface area contributed by atoms with Crippen molar-refractivity contribution >= 4 is 16.9 Å². The fourth-order valence-corrected chi connectivity index (χ4v) is 3.52. The van der Waals surface area contributed by atoms with Crippen molar-refractivity contribution in [2.24, 2.45) is 0 Å². The van der Waals surface area contributed by atoms with E-state index in [1.54, 1.807) is 31.4 Å². The van der Waals surface area contributed by atoms with E-state index in [1.165, 1.54) is 0 Å². The summed E-state index contributed by atoms with van der Waals surface area (Å²) in [7, 11) is 1.60. The van der Waals surface area contributed by atoms with Gasteiger partial charge < -0.3 is 19.4 Å². The van der Waals surface area contributed by atoms with Crippen LogP contribution in [0.15, 0.2) is 78.9 Å². The number of para-hydroxylation sites is 3. The second kappa shape index (κ2) is 9.34. The Morgan fingerprint density at radius 3 is 2.42 bits per heavy atom. The van der Waals surface area contributed by atoms with E-state index in [2.05, 4.69) is 9.88 Å². The number of nitrogens with zero attached hydrogens (tertiary/aromatic N) is 2. The van der Waals surface area contributed by atoms with Crippen LogP contribution in [-0.4, -0.2) is 29.2 Å². The standard InChI is InChI=1S/C25H25N3O3/c1-18(26-25(29)19-12-14-20(30-2)15-13-19)24-27-22-10-6-7-11-23(22)28(24)16-17-31-21-8-4-3-5-9-21/h3-15,18H,16-17H2,1-2H3,(H,26,29). The van der Waals surface area contributed by atoms with Crippen LogP contribution in [0.3, 0.4) is 0 Å². The molecular weight excluding hydrogens is 390 g/mol. The van der Waals surface area contributed by atoms with E-state index in [-0.39, 0.29) is 11.9 Å². The summed E-state index contributed by atoms with van der Waals surface area (Å²) >= 11 is 0. The number of benzene rings is 3. The number of rotatable bonds is 8. The van der Waals surface area contributed by atoms with E-state index in [1.807, 2.05) is 61.5 Å². The summed E-state index contributed by atoms with van der Waals surface area (Å²) in [6, 6.07) is 24.5. The molecular formula is C25H25N3O3. The molecule has 1 aromatic heterocycles. The van der Waals surface area contributed by atoms with Crippen molar-refractivity contribution in [3.05, 3.63) is 90.3 Å². The Morgan fingerprint density at radius 1 is 0.968 bits per heavy atom. The Bertz CT molecular complexity index is 1150. The highest BCUT2D eigenvalue weighted by Gasteiger charge is 2.19. The third-order valence-corrected chi connectivity index (χ3v) is 5.10. The predicted octanol–water partition coefficient (Wildman–Crippen LogP) is 4.61. The van der Waals surface area contributed by atoms with Crippen LogP contribution in [0.5, 0.6) is 11.5 Å². The van der Waals surface area contributed by atoms with Crippen LogP contribution >= 0.6 is 0 Å². The van der Waals surface area contributed by atoms with Gasteiger partial charge >= 0.3 is 0 Å². The largest absolute Gasteiger partial charge is 0.497 e. The van der Waals surface area contributed by atoms with Crippen LogP contribution < -0.4 is 14.8 Å². The third-order valence-electron chi connectivity index (χ3n) is 5.10. The molecule has 158 valence electrons. The SMILES string of the molecule is COc1ccc(C(=O)NC(C)c2nc3ccccc3n2CCOc2ccccc2)cc1. The van der Waals surface area contributed by atoms with Gasteiger partial charge in [-0.2, -0.15) is 0 Å². The lowest BCUT2D eigenvalue weighted by Crippen LogP contribution is -2.29. The molecule has 31 heavy (non-hydrogen) atoms. The zero-order valence-corrected chi connectivity index (χ0v) is 17.6. The number of amides is 1. The lowest BCUT2D eigenvalue weighted by Gasteiger charge is -2.17. The molecule has 0 saturated heterocycles. The molecule has 1 unspecified atom stereocenters. The smallest absolute Gasteiger partial charge is 0.251 e. The molecule has 0 bridgehead atoms. The van der Waals surface area contributed by atoms with Gasteiger partial charge in [-0.1, -0.05) is 30.3 Å². The van der Waals surface area contributed by atoms with Crippen molar-refractivity contribution in [2.75, 3.05) is 13.7 Å². The van der Waals surface area contributed by atoms with Crippen LogP contribution in [0, 0.1) is 0 Å². The van der Waals surface area contributed by atoms with Gasteiger partial charge in [-0.3, -0.25) is 4.79 Å². The molecule has 0 aliphatic carbocycles. The van der Waals surface area contributed by atoms with Crippen LogP contribution in [0.25, 0.3) is 11.0 Å². The Balaban J connectivity index is 1.52. The van der Waals surface area contributed by atoms with Gasteiger partial charge in [-0.05, 0) is 55.5 Å². The lowest BCUT2D eigenvalue weighted by atomic mass is 10.2. The number of methoxy groups -OCH3 is 1. The highest BCUT2D eigenvalue weighted by molar-refractivity contribution is 5.94. The average Bonchev–Trinajstić information content (AvgIpc) is 3.18. The second-order valence-corrected chi connectivity index (χ2v) is 7.20. The Kier molecular flexibility index (Phi) is 6.17. The Hall–Kier alpha value is -3.80. The Labute approximate surface area is 181 Å². The minimum atomic E-state index is -0.279. The van der Waals surface area contributed by atoms with Crippen molar-refractivity contribution in [1.29, 1.82) is 0 Å². The molecule has 4 rings (SSSR count).